The molecule has 2 N–H and O–H groups in total. The number of aliphatic hydroxyl groups excluding tert-OH is 1. The molecule has 0 saturated heterocycles. The van der Waals surface area contributed by atoms with Crippen molar-refractivity contribution in [1.82, 2.24) is 5.32 Å². The summed E-state index contributed by atoms with van der Waals surface area (Å²) < 4.78 is 5.06. The van der Waals surface area contributed by atoms with Gasteiger partial charge in [-0.25, -0.2) is 0 Å². The Kier molecular flexibility index (Phi) is 5.29. The van der Waals surface area contributed by atoms with Crippen LogP contribution >= 0.6 is 0 Å². The van der Waals surface area contributed by atoms with Crippen LogP contribution in [0.3, 0.4) is 0 Å². The first-order chi connectivity index (χ1) is 8.17. The van der Waals surface area contributed by atoms with E-state index in [1.807, 2.05) is 36.2 Å². The summed E-state index contributed by atoms with van der Waals surface area (Å²) in [5, 5.41) is 11.2. The number of likely N-dealkylation sites (N-methyl/N-ethyl adjacent to an activating group) is 1. The van der Waals surface area contributed by atoms with Crippen molar-refractivity contribution in [3.05, 3.63) is 24.3 Å². The zero-order chi connectivity index (χ0) is 12.7. The van der Waals surface area contributed by atoms with Gasteiger partial charge in [-0.15, -0.1) is 0 Å². The average molecular weight is 238 g/mol. The Labute approximate surface area is 101 Å². The van der Waals surface area contributed by atoms with Gasteiger partial charge in [0.15, 0.2) is 0 Å². The van der Waals surface area contributed by atoms with Crippen LogP contribution in [0.5, 0.6) is 5.75 Å². The Balaban J connectivity index is 2.51. The molecule has 0 atom stereocenters. The van der Waals surface area contributed by atoms with E-state index in [0.717, 1.165) is 11.4 Å². The van der Waals surface area contributed by atoms with Crippen molar-refractivity contribution in [2.24, 2.45) is 0 Å². The normalized spacial score (nSPS) is 9.82. The van der Waals surface area contributed by atoms with Crippen LogP contribution in [0, 0.1) is 0 Å². The third kappa shape index (κ3) is 4.32. The molecular weight excluding hydrogens is 220 g/mol. The predicted octanol–water partition coefficient (Wildman–Crippen LogP) is 0.240. The smallest absolute Gasteiger partial charge is 0.239 e. The Morgan fingerprint density at radius 1 is 1.41 bits per heavy atom. The largest absolute Gasteiger partial charge is 0.497 e. The van der Waals surface area contributed by atoms with Crippen LogP contribution in [0.2, 0.25) is 0 Å². The summed E-state index contributed by atoms with van der Waals surface area (Å²) in [5.41, 5.74) is 0.935. The monoisotopic (exact) mass is 238 g/mol. The maximum absolute atomic E-state index is 11.4. The maximum atomic E-state index is 11.4. The minimum atomic E-state index is -0.114. The van der Waals surface area contributed by atoms with E-state index in [-0.39, 0.29) is 25.6 Å². The molecule has 5 heteroatoms. The predicted molar refractivity (Wildman–Crippen MR) is 66.4 cm³/mol. The first-order valence-corrected chi connectivity index (χ1v) is 5.40. The number of amides is 1. The van der Waals surface area contributed by atoms with Gasteiger partial charge in [-0.05, 0) is 24.3 Å². The van der Waals surface area contributed by atoms with E-state index in [1.165, 1.54) is 0 Å². The molecule has 0 aliphatic rings. The highest BCUT2D eigenvalue weighted by Gasteiger charge is 2.06. The van der Waals surface area contributed by atoms with Gasteiger partial charge < -0.3 is 20.1 Å². The van der Waals surface area contributed by atoms with Crippen molar-refractivity contribution in [2.75, 3.05) is 38.8 Å². The van der Waals surface area contributed by atoms with Crippen LogP contribution in [0.4, 0.5) is 5.69 Å². The van der Waals surface area contributed by atoms with Crippen LogP contribution in [0.25, 0.3) is 0 Å². The van der Waals surface area contributed by atoms with Crippen molar-refractivity contribution >= 4 is 11.6 Å². The maximum Gasteiger partial charge on any atom is 0.239 e. The van der Waals surface area contributed by atoms with E-state index in [1.54, 1.807) is 7.11 Å². The number of methoxy groups -OCH3 is 1. The number of benzene rings is 1. The number of hydrogen-bond donors (Lipinski definition) is 2. The van der Waals surface area contributed by atoms with Crippen LogP contribution in [-0.2, 0) is 4.79 Å². The van der Waals surface area contributed by atoms with Gasteiger partial charge in [0.05, 0.1) is 20.3 Å². The fourth-order valence-electron chi connectivity index (χ4n) is 1.39. The van der Waals surface area contributed by atoms with E-state index < -0.39 is 0 Å². The third-order valence-electron chi connectivity index (χ3n) is 2.33. The van der Waals surface area contributed by atoms with Crippen LogP contribution in [0.1, 0.15) is 0 Å². The minimum absolute atomic E-state index is 0.0437. The number of nitrogens with zero attached hydrogens (tertiary/aromatic N) is 1. The Morgan fingerprint density at radius 3 is 2.59 bits per heavy atom. The van der Waals surface area contributed by atoms with Gasteiger partial charge >= 0.3 is 0 Å². The van der Waals surface area contributed by atoms with Crippen LogP contribution in [-0.4, -0.2) is 44.9 Å². The van der Waals surface area contributed by atoms with E-state index in [4.69, 9.17) is 9.84 Å². The van der Waals surface area contributed by atoms with E-state index in [2.05, 4.69) is 5.32 Å². The summed E-state index contributed by atoms with van der Waals surface area (Å²) in [5.74, 6) is 0.671. The van der Waals surface area contributed by atoms with Gasteiger partial charge in [0, 0.05) is 19.3 Å². The molecule has 94 valence electrons. The molecule has 0 unspecified atom stereocenters. The summed E-state index contributed by atoms with van der Waals surface area (Å²) in [6.07, 6.45) is 0. The quantitative estimate of drug-likeness (QED) is 0.745. The van der Waals surface area contributed by atoms with Crippen molar-refractivity contribution in [2.45, 2.75) is 0 Å². The first kappa shape index (κ1) is 13.3. The number of carbonyl (C=O) groups excluding carboxylic acids is 1. The molecule has 0 spiro atoms. The minimum Gasteiger partial charge on any atom is -0.497 e. The molecule has 1 aromatic carbocycles. The van der Waals surface area contributed by atoms with Crippen molar-refractivity contribution in [3.8, 4) is 5.75 Å². The van der Waals surface area contributed by atoms with Gasteiger partial charge in [0.2, 0.25) is 5.91 Å². The second kappa shape index (κ2) is 6.75. The number of aliphatic hydroxyl groups is 1. The van der Waals surface area contributed by atoms with Gasteiger partial charge in [0.1, 0.15) is 5.75 Å². The second-order valence-electron chi connectivity index (χ2n) is 3.63. The lowest BCUT2D eigenvalue weighted by molar-refractivity contribution is -0.119. The number of hydrogen-bond acceptors (Lipinski definition) is 4. The SMILES string of the molecule is COc1ccc(N(C)CC(=O)NCCO)cc1. The highest BCUT2D eigenvalue weighted by molar-refractivity contribution is 5.81. The molecular formula is C12H18N2O3. The van der Waals surface area contributed by atoms with Gasteiger partial charge in [-0.3, -0.25) is 4.79 Å². The fourth-order valence-corrected chi connectivity index (χ4v) is 1.39. The summed E-state index contributed by atoms with van der Waals surface area (Å²) >= 11 is 0. The molecule has 0 aromatic heterocycles. The van der Waals surface area contributed by atoms with Crippen molar-refractivity contribution in [3.63, 3.8) is 0 Å². The van der Waals surface area contributed by atoms with Crippen LogP contribution < -0.4 is 15.0 Å². The molecule has 17 heavy (non-hydrogen) atoms. The Morgan fingerprint density at radius 2 is 2.06 bits per heavy atom. The molecule has 0 aliphatic heterocycles. The van der Waals surface area contributed by atoms with Gasteiger partial charge in [-0.1, -0.05) is 0 Å². The molecule has 0 fully saturated rings. The lowest BCUT2D eigenvalue weighted by atomic mass is 10.3. The summed E-state index contributed by atoms with van der Waals surface area (Å²) in [6, 6.07) is 7.46. The molecule has 1 amide bonds. The standard InChI is InChI=1S/C12H18N2O3/c1-14(9-12(16)13-7-8-15)10-3-5-11(17-2)6-4-10/h3-6,15H,7-9H2,1-2H3,(H,13,16). The fraction of sp³-hybridized carbons (Fsp3) is 0.417. The van der Waals surface area contributed by atoms with Crippen molar-refractivity contribution < 1.29 is 14.6 Å². The number of anilines is 1. The van der Waals surface area contributed by atoms with Crippen LogP contribution in [0.15, 0.2) is 24.3 Å². The van der Waals surface area contributed by atoms with Crippen molar-refractivity contribution in [1.29, 1.82) is 0 Å². The topological polar surface area (TPSA) is 61.8 Å². The number of nitrogens with one attached hydrogen (secondary N) is 1. The zero-order valence-corrected chi connectivity index (χ0v) is 10.1. The first-order valence-electron chi connectivity index (χ1n) is 5.40. The molecule has 0 aliphatic carbocycles. The summed E-state index contributed by atoms with van der Waals surface area (Å²) in [6.45, 7) is 0.500. The molecule has 0 bridgehead atoms. The second-order valence-corrected chi connectivity index (χ2v) is 3.63. The summed E-state index contributed by atoms with van der Waals surface area (Å²) in [4.78, 5) is 13.2. The van der Waals surface area contributed by atoms with E-state index in [9.17, 15) is 4.79 Å². The molecule has 0 heterocycles. The Hall–Kier alpha value is -1.75. The average Bonchev–Trinajstić information content (AvgIpc) is 2.36. The number of ether oxygens (including phenoxy) is 1. The molecule has 5 nitrogen and oxygen atoms in total. The van der Waals surface area contributed by atoms with E-state index in [0.29, 0.717) is 0 Å². The highest BCUT2D eigenvalue weighted by atomic mass is 16.5. The number of carbonyl (C=O) groups is 1. The van der Waals surface area contributed by atoms with E-state index >= 15 is 0 Å². The zero-order valence-electron chi connectivity index (χ0n) is 10.1. The van der Waals surface area contributed by atoms with Gasteiger partial charge in [-0.2, -0.15) is 0 Å². The molecule has 0 saturated carbocycles. The highest BCUT2D eigenvalue weighted by Crippen LogP contribution is 2.17. The lowest BCUT2D eigenvalue weighted by Crippen LogP contribution is -2.36. The summed E-state index contributed by atoms with van der Waals surface area (Å²) in [7, 11) is 3.45. The third-order valence-corrected chi connectivity index (χ3v) is 2.33. The molecule has 0 radical (unpaired) electrons. The Bertz CT molecular complexity index is 351. The molecule has 1 rings (SSSR count). The van der Waals surface area contributed by atoms with Gasteiger partial charge in [0.25, 0.3) is 0 Å². The number of rotatable bonds is 6. The molecule has 1 aromatic rings. The lowest BCUT2D eigenvalue weighted by Gasteiger charge is -2.18.